The van der Waals surface area contributed by atoms with Crippen LogP contribution >= 0.6 is 0 Å². The molecule has 0 radical (unpaired) electrons. The first-order chi connectivity index (χ1) is 7.75. The third-order valence-corrected chi connectivity index (χ3v) is 3.36. The normalized spacial score (nSPS) is 17.1. The highest BCUT2D eigenvalue weighted by Crippen LogP contribution is 2.25. The van der Waals surface area contributed by atoms with Crippen molar-refractivity contribution in [1.29, 1.82) is 0 Å². The molecule has 0 saturated heterocycles. The Hall–Kier alpha value is -1.09. The van der Waals surface area contributed by atoms with Gasteiger partial charge in [0.05, 0.1) is 12.2 Å². The van der Waals surface area contributed by atoms with E-state index in [9.17, 15) is 4.79 Å². The fourth-order valence-corrected chi connectivity index (χ4v) is 2.53. The van der Waals surface area contributed by atoms with Gasteiger partial charge in [-0.15, -0.1) is 0 Å². The van der Waals surface area contributed by atoms with Crippen LogP contribution in [0.3, 0.4) is 0 Å². The van der Waals surface area contributed by atoms with Crippen LogP contribution in [0.2, 0.25) is 0 Å². The summed E-state index contributed by atoms with van der Waals surface area (Å²) in [6, 6.07) is 3.70. The Labute approximate surface area is 96.8 Å². The molecule has 16 heavy (non-hydrogen) atoms. The van der Waals surface area contributed by atoms with E-state index in [-0.39, 0.29) is 5.78 Å². The van der Waals surface area contributed by atoms with Crippen LogP contribution in [0, 0.1) is 5.92 Å². The van der Waals surface area contributed by atoms with Crippen LogP contribution in [-0.4, -0.2) is 35.8 Å². The summed E-state index contributed by atoms with van der Waals surface area (Å²) < 4.78 is 0. The van der Waals surface area contributed by atoms with E-state index < -0.39 is 0 Å². The molecule has 1 fully saturated rings. The van der Waals surface area contributed by atoms with Crippen molar-refractivity contribution in [2.45, 2.75) is 25.7 Å². The zero-order valence-electron chi connectivity index (χ0n) is 9.91. The molecule has 0 aliphatic heterocycles. The second-order valence-corrected chi connectivity index (χ2v) is 4.85. The van der Waals surface area contributed by atoms with E-state index >= 15 is 0 Å². The molecule has 1 N–H and O–H groups in total. The van der Waals surface area contributed by atoms with Crippen molar-refractivity contribution in [3.8, 4) is 0 Å². The number of likely N-dealkylation sites (N-methyl/N-ethyl adjacent to an activating group) is 1. The van der Waals surface area contributed by atoms with Crippen LogP contribution in [0.1, 0.15) is 36.2 Å². The van der Waals surface area contributed by atoms with Crippen LogP contribution in [-0.2, 0) is 0 Å². The molecule has 1 aromatic rings. The number of aromatic nitrogens is 1. The fraction of sp³-hybridized carbons (Fsp3) is 0.615. The molecular formula is C13H20N2O. The number of ketones is 1. The average Bonchev–Trinajstić information content (AvgIpc) is 2.88. The summed E-state index contributed by atoms with van der Waals surface area (Å²) in [6.45, 7) is 1.59. The number of H-pyrrole nitrogens is 1. The molecule has 0 aromatic carbocycles. The molecular weight excluding hydrogens is 200 g/mol. The monoisotopic (exact) mass is 220 g/mol. The smallest absolute Gasteiger partial charge is 0.192 e. The molecule has 1 aliphatic carbocycles. The van der Waals surface area contributed by atoms with Gasteiger partial charge in [-0.05, 0) is 37.9 Å². The number of nitrogens with one attached hydrogen (secondary N) is 1. The molecule has 1 saturated carbocycles. The highest BCUT2D eigenvalue weighted by atomic mass is 16.1. The lowest BCUT2D eigenvalue weighted by Gasteiger charge is -2.19. The lowest BCUT2D eigenvalue weighted by atomic mass is 10.1. The quantitative estimate of drug-likeness (QED) is 0.773. The van der Waals surface area contributed by atoms with E-state index in [0.717, 1.165) is 18.2 Å². The first-order valence-electron chi connectivity index (χ1n) is 6.11. The van der Waals surface area contributed by atoms with Gasteiger partial charge in [-0.2, -0.15) is 0 Å². The maximum absolute atomic E-state index is 11.8. The first-order valence-corrected chi connectivity index (χ1v) is 6.11. The van der Waals surface area contributed by atoms with Crippen LogP contribution in [0.5, 0.6) is 0 Å². The van der Waals surface area contributed by atoms with Crippen molar-refractivity contribution in [2.75, 3.05) is 20.1 Å². The largest absolute Gasteiger partial charge is 0.359 e. The summed E-state index contributed by atoms with van der Waals surface area (Å²) in [6.07, 6.45) is 7.19. The minimum Gasteiger partial charge on any atom is -0.359 e. The Morgan fingerprint density at radius 1 is 1.50 bits per heavy atom. The van der Waals surface area contributed by atoms with E-state index in [1.54, 1.807) is 6.20 Å². The number of hydrogen-bond donors (Lipinski definition) is 1. The number of Topliss-reactive ketones (excluding diaryl/α,β-unsaturated/α-hetero) is 1. The third-order valence-electron chi connectivity index (χ3n) is 3.36. The van der Waals surface area contributed by atoms with Crippen LogP contribution in [0.15, 0.2) is 18.3 Å². The van der Waals surface area contributed by atoms with E-state index in [4.69, 9.17) is 0 Å². The Morgan fingerprint density at radius 3 is 2.88 bits per heavy atom. The van der Waals surface area contributed by atoms with Gasteiger partial charge in [0.2, 0.25) is 0 Å². The van der Waals surface area contributed by atoms with Crippen LogP contribution < -0.4 is 0 Å². The average molecular weight is 220 g/mol. The van der Waals surface area contributed by atoms with Gasteiger partial charge in [0.1, 0.15) is 0 Å². The van der Waals surface area contributed by atoms with E-state index in [0.29, 0.717) is 6.54 Å². The third kappa shape index (κ3) is 2.95. The second-order valence-electron chi connectivity index (χ2n) is 4.85. The highest BCUT2D eigenvalue weighted by Gasteiger charge is 2.18. The van der Waals surface area contributed by atoms with E-state index in [1.165, 1.54) is 25.7 Å². The van der Waals surface area contributed by atoms with Gasteiger partial charge in [-0.1, -0.05) is 12.8 Å². The first kappa shape index (κ1) is 11.4. The predicted molar refractivity (Wildman–Crippen MR) is 64.6 cm³/mol. The van der Waals surface area contributed by atoms with Crippen LogP contribution in [0.25, 0.3) is 0 Å². The minimum absolute atomic E-state index is 0.186. The van der Waals surface area contributed by atoms with E-state index in [2.05, 4.69) is 9.88 Å². The van der Waals surface area contributed by atoms with Crippen molar-refractivity contribution in [2.24, 2.45) is 5.92 Å². The second kappa shape index (κ2) is 5.30. The maximum atomic E-state index is 11.8. The molecule has 3 heteroatoms. The van der Waals surface area contributed by atoms with Gasteiger partial charge >= 0.3 is 0 Å². The summed E-state index contributed by atoms with van der Waals surface area (Å²) in [4.78, 5) is 16.9. The van der Waals surface area contributed by atoms with Gasteiger partial charge in [0, 0.05) is 12.7 Å². The molecule has 0 spiro atoms. The Balaban J connectivity index is 1.78. The highest BCUT2D eigenvalue weighted by molar-refractivity contribution is 5.95. The zero-order chi connectivity index (χ0) is 11.4. The summed E-state index contributed by atoms with van der Waals surface area (Å²) in [7, 11) is 2.04. The predicted octanol–water partition coefficient (Wildman–Crippen LogP) is 2.32. The number of carbonyl (C=O) groups excluding carboxylic acids is 1. The van der Waals surface area contributed by atoms with Crippen molar-refractivity contribution in [3.63, 3.8) is 0 Å². The van der Waals surface area contributed by atoms with Gasteiger partial charge in [-0.3, -0.25) is 9.69 Å². The topological polar surface area (TPSA) is 36.1 Å². The number of hydrogen-bond acceptors (Lipinski definition) is 2. The number of carbonyl (C=O) groups is 1. The molecule has 1 heterocycles. The molecule has 0 bridgehead atoms. The number of aromatic amines is 1. The summed E-state index contributed by atoms with van der Waals surface area (Å²) in [5.74, 6) is 0.993. The van der Waals surface area contributed by atoms with Crippen molar-refractivity contribution < 1.29 is 4.79 Å². The Kier molecular flexibility index (Phi) is 3.78. The lowest BCUT2D eigenvalue weighted by molar-refractivity contribution is 0.0933. The Morgan fingerprint density at radius 2 is 2.25 bits per heavy atom. The SMILES string of the molecule is CN(CC(=O)c1ccc[nH]1)CC1CCCC1. The molecule has 0 unspecified atom stereocenters. The molecule has 1 aromatic heterocycles. The van der Waals surface area contributed by atoms with Gasteiger partial charge < -0.3 is 4.98 Å². The fourth-order valence-electron chi connectivity index (χ4n) is 2.53. The van der Waals surface area contributed by atoms with Gasteiger partial charge in [0.15, 0.2) is 5.78 Å². The molecule has 0 amide bonds. The van der Waals surface area contributed by atoms with Crippen molar-refractivity contribution in [3.05, 3.63) is 24.0 Å². The molecule has 1 aliphatic rings. The van der Waals surface area contributed by atoms with Crippen molar-refractivity contribution in [1.82, 2.24) is 9.88 Å². The van der Waals surface area contributed by atoms with Crippen molar-refractivity contribution >= 4 is 5.78 Å². The molecule has 2 rings (SSSR count). The summed E-state index contributed by atoms with van der Waals surface area (Å²) >= 11 is 0. The standard InChI is InChI=1S/C13H20N2O/c1-15(9-11-5-2-3-6-11)10-13(16)12-7-4-8-14-12/h4,7-8,11,14H,2-3,5-6,9-10H2,1H3. The summed E-state index contributed by atoms with van der Waals surface area (Å²) in [5, 5.41) is 0. The van der Waals surface area contributed by atoms with Crippen LogP contribution in [0.4, 0.5) is 0 Å². The lowest BCUT2D eigenvalue weighted by Crippen LogP contribution is -2.30. The molecule has 3 nitrogen and oxygen atoms in total. The molecule has 0 atom stereocenters. The van der Waals surface area contributed by atoms with Gasteiger partial charge in [0.25, 0.3) is 0 Å². The Bertz CT molecular complexity index is 326. The van der Waals surface area contributed by atoms with E-state index in [1.807, 2.05) is 19.2 Å². The van der Waals surface area contributed by atoms with Gasteiger partial charge in [-0.25, -0.2) is 0 Å². The summed E-state index contributed by atoms with van der Waals surface area (Å²) in [5.41, 5.74) is 0.721. The molecule has 88 valence electrons. The zero-order valence-corrected chi connectivity index (χ0v) is 9.91. The maximum Gasteiger partial charge on any atom is 0.192 e. The minimum atomic E-state index is 0.186. The number of nitrogens with zero attached hydrogens (tertiary/aromatic N) is 1. The number of rotatable bonds is 5.